The van der Waals surface area contributed by atoms with Crippen LogP contribution in [0.3, 0.4) is 0 Å². The van der Waals surface area contributed by atoms with Crippen molar-refractivity contribution in [3.05, 3.63) is 242 Å². The molecule has 6 nitrogen and oxygen atoms in total. The summed E-state index contributed by atoms with van der Waals surface area (Å²) in [6, 6.07) is 82.1. The molecule has 0 aliphatic heterocycles. The Hall–Kier alpha value is -10.4. The minimum Gasteiger partial charge on any atom is -0.253 e. The number of aromatic nitrogens is 4. The number of para-hydroxylation sites is 1. The Morgan fingerprint density at radius 2 is 0.878 bits per heavy atom. The van der Waals surface area contributed by atoms with Crippen LogP contribution >= 0.6 is 0 Å². The van der Waals surface area contributed by atoms with Crippen LogP contribution in [0.15, 0.2) is 231 Å². The molecule has 340 valence electrons. The fourth-order valence-electron chi connectivity index (χ4n) is 10.9. The summed E-state index contributed by atoms with van der Waals surface area (Å²) in [6.45, 7) is 0. The van der Waals surface area contributed by atoms with Gasteiger partial charge in [-0.05, 0) is 144 Å². The molecule has 0 radical (unpaired) electrons. The molecule has 0 aliphatic rings. The number of hydrogen-bond donors (Lipinski definition) is 0. The summed E-state index contributed by atoms with van der Waals surface area (Å²) in [5, 5.41) is 32.7. The van der Waals surface area contributed by atoms with Gasteiger partial charge in [-0.25, -0.2) is 15.0 Å². The van der Waals surface area contributed by atoms with Gasteiger partial charge in [-0.3, -0.25) is 4.98 Å². The number of nitrogens with zero attached hydrogens (tertiary/aromatic N) is 6. The van der Waals surface area contributed by atoms with Crippen LogP contribution in [0.4, 0.5) is 0 Å². The van der Waals surface area contributed by atoms with Crippen LogP contribution in [0, 0.1) is 22.7 Å². The van der Waals surface area contributed by atoms with E-state index in [0.717, 1.165) is 126 Å². The summed E-state index contributed by atoms with van der Waals surface area (Å²) in [5.41, 5.74) is 13.8. The normalized spacial score (nSPS) is 11.5. The van der Waals surface area contributed by atoms with E-state index in [0.29, 0.717) is 17.0 Å². The lowest BCUT2D eigenvalue weighted by Gasteiger charge is -2.14. The summed E-state index contributed by atoms with van der Waals surface area (Å²) in [6.07, 6.45) is 1.94. The minimum absolute atomic E-state index is 0.528. The van der Waals surface area contributed by atoms with Crippen molar-refractivity contribution in [1.29, 1.82) is 10.5 Å². The van der Waals surface area contributed by atoms with Gasteiger partial charge in [-0.15, -0.1) is 0 Å². The second-order valence-corrected chi connectivity index (χ2v) is 18.8. The highest BCUT2D eigenvalue weighted by Gasteiger charge is 2.18. The van der Waals surface area contributed by atoms with E-state index in [1.807, 2.05) is 72.9 Å². The fourth-order valence-corrected chi connectivity index (χ4v) is 10.9. The first-order valence-electron chi connectivity index (χ1n) is 24.5. The van der Waals surface area contributed by atoms with Crippen LogP contribution in [-0.2, 0) is 0 Å². The number of nitriles is 2. The SMILES string of the molecule is N#Cc1cc(-c2ccc3ccc4cc(-c5ccc6c(c5)cc(-c5cc(C#N)cc(-c7nc(-c8ccccc8)c8ccccc8n7)c5)c5ccccc56)cnc4c3n2)cc(-c2cc3ccccc3c3ccccc23)c1. The quantitative estimate of drug-likeness (QED) is 0.154. The van der Waals surface area contributed by atoms with E-state index in [1.165, 1.54) is 10.8 Å². The van der Waals surface area contributed by atoms with E-state index in [-0.39, 0.29) is 0 Å². The van der Waals surface area contributed by atoms with Gasteiger partial charge in [0.1, 0.15) is 0 Å². The maximum absolute atomic E-state index is 10.4. The molecule has 0 atom stereocenters. The van der Waals surface area contributed by atoms with E-state index < -0.39 is 0 Å². The van der Waals surface area contributed by atoms with Crippen molar-refractivity contribution < 1.29 is 0 Å². The van der Waals surface area contributed by atoms with Crippen LogP contribution in [0.25, 0.3) is 143 Å². The first-order valence-corrected chi connectivity index (χ1v) is 24.5. The zero-order valence-electron chi connectivity index (χ0n) is 39.6. The minimum atomic E-state index is 0.528. The van der Waals surface area contributed by atoms with Gasteiger partial charge in [0.15, 0.2) is 5.82 Å². The van der Waals surface area contributed by atoms with Crippen molar-refractivity contribution in [3.8, 4) is 79.4 Å². The number of hydrogen-bond acceptors (Lipinski definition) is 6. The maximum Gasteiger partial charge on any atom is 0.160 e. The molecule has 0 N–H and O–H groups in total. The van der Waals surface area contributed by atoms with Gasteiger partial charge in [0, 0.05) is 44.6 Å². The summed E-state index contributed by atoms with van der Waals surface area (Å²) in [7, 11) is 0. The van der Waals surface area contributed by atoms with Gasteiger partial charge in [-0.2, -0.15) is 10.5 Å². The Morgan fingerprint density at radius 1 is 0.311 bits per heavy atom. The molecule has 0 saturated carbocycles. The standard InChI is InChI=1S/C68H38N6/c69-38-41-28-48(61-36-46-14-4-5-15-54(46)56-16-6-8-18-58(56)61)34-51(30-41)63-27-25-44-22-23-47-33-53(40-71-66(47)67(44)72-63)45-24-26-55-50(32-45)37-62(59-19-9-7-17-57(55)59)49-29-42(39-70)31-52(35-49)68-73-64-21-11-10-20-60(64)65(74-68)43-12-2-1-3-13-43/h1-37,40H. The average Bonchev–Trinajstić information content (AvgIpc) is 3.48. The largest absolute Gasteiger partial charge is 0.253 e. The third-order valence-electron chi connectivity index (χ3n) is 14.4. The Bertz CT molecular complexity index is 4760. The van der Waals surface area contributed by atoms with Gasteiger partial charge < -0.3 is 0 Å². The molecule has 3 heterocycles. The average molecular weight is 939 g/mol. The van der Waals surface area contributed by atoms with E-state index in [2.05, 4.69) is 170 Å². The van der Waals surface area contributed by atoms with E-state index in [1.54, 1.807) is 0 Å². The lowest BCUT2D eigenvalue weighted by atomic mass is 9.90. The third-order valence-corrected chi connectivity index (χ3v) is 14.4. The Balaban J connectivity index is 0.858. The lowest BCUT2D eigenvalue weighted by Crippen LogP contribution is -1.96. The first kappa shape index (κ1) is 42.5. The van der Waals surface area contributed by atoms with Gasteiger partial charge >= 0.3 is 0 Å². The Labute approximate surface area is 425 Å². The molecule has 0 saturated heterocycles. The molecule has 0 fully saturated rings. The Morgan fingerprint density at radius 3 is 1.62 bits per heavy atom. The molecule has 0 unspecified atom stereocenters. The van der Waals surface area contributed by atoms with Crippen LogP contribution in [-0.4, -0.2) is 19.9 Å². The molecule has 14 aromatic rings. The van der Waals surface area contributed by atoms with E-state index >= 15 is 0 Å². The molecule has 74 heavy (non-hydrogen) atoms. The zero-order chi connectivity index (χ0) is 49.3. The van der Waals surface area contributed by atoms with Crippen LogP contribution in [0.5, 0.6) is 0 Å². The molecule has 0 spiro atoms. The molecule has 0 amide bonds. The van der Waals surface area contributed by atoms with Crippen LogP contribution in [0.2, 0.25) is 0 Å². The molecular formula is C68H38N6. The molecular weight excluding hydrogens is 901 g/mol. The van der Waals surface area contributed by atoms with Crippen molar-refractivity contribution in [2.24, 2.45) is 0 Å². The predicted molar refractivity (Wildman–Crippen MR) is 302 cm³/mol. The number of benzene rings is 11. The molecule has 6 heteroatoms. The summed E-state index contributed by atoms with van der Waals surface area (Å²) < 4.78 is 0. The van der Waals surface area contributed by atoms with Gasteiger partial charge in [0.05, 0.1) is 51.2 Å². The van der Waals surface area contributed by atoms with Crippen molar-refractivity contribution >= 4 is 75.8 Å². The summed E-state index contributed by atoms with van der Waals surface area (Å²) in [4.78, 5) is 20.6. The monoisotopic (exact) mass is 938 g/mol. The molecule has 0 aliphatic carbocycles. The molecule has 3 aromatic heterocycles. The predicted octanol–water partition coefficient (Wildman–Crippen LogP) is 17.1. The van der Waals surface area contributed by atoms with Crippen LogP contribution < -0.4 is 0 Å². The zero-order valence-corrected chi connectivity index (χ0v) is 39.6. The van der Waals surface area contributed by atoms with E-state index in [4.69, 9.17) is 19.9 Å². The van der Waals surface area contributed by atoms with Gasteiger partial charge in [-0.1, -0.05) is 152 Å². The smallest absolute Gasteiger partial charge is 0.160 e. The fraction of sp³-hybridized carbons (Fsp3) is 0. The third kappa shape index (κ3) is 7.17. The van der Waals surface area contributed by atoms with Crippen LogP contribution in [0.1, 0.15) is 11.1 Å². The second kappa shape index (κ2) is 17.2. The molecule has 11 aromatic carbocycles. The van der Waals surface area contributed by atoms with Gasteiger partial charge in [0.25, 0.3) is 0 Å². The highest BCUT2D eigenvalue weighted by molar-refractivity contribution is 6.16. The highest BCUT2D eigenvalue weighted by atomic mass is 14.9. The molecule has 14 rings (SSSR count). The summed E-state index contributed by atoms with van der Waals surface area (Å²) in [5.74, 6) is 0.560. The van der Waals surface area contributed by atoms with Gasteiger partial charge in [0.2, 0.25) is 0 Å². The second-order valence-electron chi connectivity index (χ2n) is 18.8. The van der Waals surface area contributed by atoms with E-state index in [9.17, 15) is 10.5 Å². The summed E-state index contributed by atoms with van der Waals surface area (Å²) >= 11 is 0. The number of fused-ring (bicyclic) bond motifs is 10. The lowest BCUT2D eigenvalue weighted by molar-refractivity contribution is 1.23. The maximum atomic E-state index is 10.4. The topological polar surface area (TPSA) is 99.1 Å². The molecule has 0 bridgehead atoms. The highest BCUT2D eigenvalue weighted by Crippen LogP contribution is 2.41. The van der Waals surface area contributed by atoms with Crippen molar-refractivity contribution in [2.45, 2.75) is 0 Å². The Kier molecular flexibility index (Phi) is 9.86. The first-order chi connectivity index (χ1) is 36.5. The number of pyridine rings is 2. The number of rotatable bonds is 6. The van der Waals surface area contributed by atoms with Crippen molar-refractivity contribution in [2.75, 3.05) is 0 Å². The van der Waals surface area contributed by atoms with Crippen molar-refractivity contribution in [3.63, 3.8) is 0 Å². The van der Waals surface area contributed by atoms with Crippen molar-refractivity contribution in [1.82, 2.24) is 19.9 Å².